The zero-order valence-corrected chi connectivity index (χ0v) is 11.9. The van der Waals surface area contributed by atoms with Crippen molar-refractivity contribution in [1.29, 1.82) is 0 Å². The third-order valence-electron chi connectivity index (χ3n) is 4.78. The van der Waals surface area contributed by atoms with Crippen molar-refractivity contribution >= 4 is 0 Å². The van der Waals surface area contributed by atoms with Gasteiger partial charge in [-0.1, -0.05) is 6.92 Å². The van der Waals surface area contributed by atoms with Crippen LogP contribution in [-0.2, 0) is 19.4 Å². The Hall–Kier alpha value is -0.870. The van der Waals surface area contributed by atoms with Crippen molar-refractivity contribution in [3.63, 3.8) is 0 Å². The van der Waals surface area contributed by atoms with Gasteiger partial charge in [-0.2, -0.15) is 0 Å². The van der Waals surface area contributed by atoms with E-state index in [4.69, 9.17) is 0 Å². The Morgan fingerprint density at radius 2 is 2.05 bits per heavy atom. The fourth-order valence-electron chi connectivity index (χ4n) is 3.44. The van der Waals surface area contributed by atoms with E-state index in [2.05, 4.69) is 21.4 Å². The number of aromatic nitrogens is 2. The van der Waals surface area contributed by atoms with Gasteiger partial charge in [0.15, 0.2) is 0 Å². The molecule has 19 heavy (non-hydrogen) atoms. The van der Waals surface area contributed by atoms with Gasteiger partial charge in [0, 0.05) is 31.3 Å². The van der Waals surface area contributed by atoms with Crippen LogP contribution in [0.3, 0.4) is 0 Å². The largest absolute Gasteiger partial charge is 0.393 e. The molecule has 1 aromatic rings. The van der Waals surface area contributed by atoms with Crippen molar-refractivity contribution in [3.8, 4) is 0 Å². The second-order valence-corrected chi connectivity index (χ2v) is 6.05. The molecule has 0 amide bonds. The van der Waals surface area contributed by atoms with Crippen molar-refractivity contribution in [2.24, 2.45) is 5.92 Å². The molecule has 0 bridgehead atoms. The molecule has 2 aliphatic rings. The second-order valence-electron chi connectivity index (χ2n) is 6.05. The van der Waals surface area contributed by atoms with E-state index in [9.17, 15) is 5.11 Å². The van der Waals surface area contributed by atoms with Crippen molar-refractivity contribution in [1.82, 2.24) is 14.5 Å². The number of piperidine rings is 1. The van der Waals surface area contributed by atoms with Gasteiger partial charge in [-0.3, -0.25) is 0 Å². The highest BCUT2D eigenvalue weighted by Gasteiger charge is 2.23. The molecule has 0 saturated carbocycles. The summed E-state index contributed by atoms with van der Waals surface area (Å²) in [7, 11) is 0. The molecule has 2 aliphatic heterocycles. The summed E-state index contributed by atoms with van der Waals surface area (Å²) in [4.78, 5) is 7.14. The maximum absolute atomic E-state index is 9.70. The molecule has 4 heteroatoms. The molecular formula is C15H25N3O. The van der Waals surface area contributed by atoms with Crippen LogP contribution in [0.5, 0.6) is 0 Å². The van der Waals surface area contributed by atoms with Crippen LogP contribution < -0.4 is 0 Å². The maximum atomic E-state index is 9.70. The molecule has 3 rings (SSSR count). The van der Waals surface area contributed by atoms with Crippen LogP contribution in [0.4, 0.5) is 0 Å². The van der Waals surface area contributed by atoms with Crippen molar-refractivity contribution in [2.75, 3.05) is 19.6 Å². The summed E-state index contributed by atoms with van der Waals surface area (Å²) in [5.41, 5.74) is 1.22. The zero-order chi connectivity index (χ0) is 13.2. The minimum absolute atomic E-state index is 0.162. The summed E-state index contributed by atoms with van der Waals surface area (Å²) in [5, 5.41) is 9.70. The minimum atomic E-state index is -0.162. The highest BCUT2D eigenvalue weighted by Crippen LogP contribution is 2.24. The van der Waals surface area contributed by atoms with Gasteiger partial charge < -0.3 is 14.6 Å². The number of likely N-dealkylation sites (tertiary alicyclic amines) is 1. The quantitative estimate of drug-likeness (QED) is 0.898. The predicted molar refractivity (Wildman–Crippen MR) is 75.1 cm³/mol. The van der Waals surface area contributed by atoms with E-state index in [0.29, 0.717) is 0 Å². The van der Waals surface area contributed by atoms with Crippen molar-refractivity contribution in [3.05, 3.63) is 17.7 Å². The Balaban J connectivity index is 1.62. The van der Waals surface area contributed by atoms with Crippen LogP contribution in [0.1, 0.15) is 37.7 Å². The molecule has 0 radical (unpaired) electrons. The van der Waals surface area contributed by atoms with Gasteiger partial charge in [-0.25, -0.2) is 4.98 Å². The topological polar surface area (TPSA) is 41.3 Å². The summed E-state index contributed by atoms with van der Waals surface area (Å²) in [6, 6.07) is 0. The summed E-state index contributed by atoms with van der Waals surface area (Å²) < 4.78 is 2.35. The Bertz CT molecular complexity index is 421. The van der Waals surface area contributed by atoms with Gasteiger partial charge in [-0.15, -0.1) is 0 Å². The monoisotopic (exact) mass is 263 g/mol. The third-order valence-corrected chi connectivity index (χ3v) is 4.78. The molecule has 0 aromatic carbocycles. The SMILES string of the molecule is CCN1CCC(Cc2ncc3n2CCC(O)C3)CC1. The first kappa shape index (κ1) is 13.1. The molecule has 1 unspecified atom stereocenters. The molecule has 1 aromatic heterocycles. The molecule has 1 fully saturated rings. The molecule has 0 spiro atoms. The normalized spacial score (nSPS) is 25.5. The highest BCUT2D eigenvalue weighted by molar-refractivity contribution is 5.10. The summed E-state index contributed by atoms with van der Waals surface area (Å²) >= 11 is 0. The lowest BCUT2D eigenvalue weighted by Crippen LogP contribution is -2.34. The number of rotatable bonds is 3. The zero-order valence-electron chi connectivity index (χ0n) is 11.9. The molecule has 1 N–H and O–H groups in total. The van der Waals surface area contributed by atoms with E-state index in [-0.39, 0.29) is 6.10 Å². The standard InChI is InChI=1S/C15H25N3O/c1-2-17-6-3-12(4-7-17)9-15-16-11-13-10-14(19)5-8-18(13)15/h11-12,14,19H,2-10H2,1H3. The van der Waals surface area contributed by atoms with Crippen molar-refractivity contribution in [2.45, 2.75) is 51.7 Å². The average molecular weight is 263 g/mol. The lowest BCUT2D eigenvalue weighted by atomic mass is 9.93. The van der Waals surface area contributed by atoms with E-state index in [1.165, 1.54) is 44.0 Å². The minimum Gasteiger partial charge on any atom is -0.393 e. The molecule has 106 valence electrons. The van der Waals surface area contributed by atoms with Crippen LogP contribution in [0, 0.1) is 5.92 Å². The number of nitrogens with zero attached hydrogens (tertiary/aromatic N) is 3. The van der Waals surface area contributed by atoms with Gasteiger partial charge in [0.2, 0.25) is 0 Å². The summed E-state index contributed by atoms with van der Waals surface area (Å²) in [6.07, 6.45) is 7.19. The lowest BCUT2D eigenvalue weighted by Gasteiger charge is -2.31. The first-order valence-electron chi connectivity index (χ1n) is 7.70. The number of aliphatic hydroxyl groups excluding tert-OH is 1. The Labute approximate surface area is 115 Å². The molecule has 1 atom stereocenters. The number of fused-ring (bicyclic) bond motifs is 1. The molecular weight excluding hydrogens is 238 g/mol. The second kappa shape index (κ2) is 5.63. The fraction of sp³-hybridized carbons (Fsp3) is 0.800. The first-order valence-corrected chi connectivity index (χ1v) is 7.70. The van der Waals surface area contributed by atoms with E-state index < -0.39 is 0 Å². The average Bonchev–Trinajstić information content (AvgIpc) is 2.82. The Kier molecular flexibility index (Phi) is 3.89. The van der Waals surface area contributed by atoms with Gasteiger partial charge in [0.25, 0.3) is 0 Å². The molecule has 0 aliphatic carbocycles. The smallest absolute Gasteiger partial charge is 0.109 e. The highest BCUT2D eigenvalue weighted by atomic mass is 16.3. The summed E-state index contributed by atoms with van der Waals surface area (Å²) in [6.45, 7) is 6.86. The number of aliphatic hydroxyl groups is 1. The van der Waals surface area contributed by atoms with Crippen LogP contribution in [0.25, 0.3) is 0 Å². The lowest BCUT2D eigenvalue weighted by molar-refractivity contribution is 0.142. The van der Waals surface area contributed by atoms with Crippen LogP contribution in [-0.4, -0.2) is 45.3 Å². The Morgan fingerprint density at radius 3 is 2.79 bits per heavy atom. The van der Waals surface area contributed by atoms with Crippen LogP contribution in [0.15, 0.2) is 6.20 Å². The van der Waals surface area contributed by atoms with Crippen molar-refractivity contribution < 1.29 is 5.11 Å². The van der Waals surface area contributed by atoms with Gasteiger partial charge in [0.1, 0.15) is 5.82 Å². The Morgan fingerprint density at radius 1 is 1.26 bits per heavy atom. The molecule has 3 heterocycles. The van der Waals surface area contributed by atoms with Crippen LogP contribution in [0.2, 0.25) is 0 Å². The van der Waals surface area contributed by atoms with E-state index in [1.807, 2.05) is 6.20 Å². The number of imidazole rings is 1. The molecule has 1 saturated heterocycles. The maximum Gasteiger partial charge on any atom is 0.109 e. The van der Waals surface area contributed by atoms with Gasteiger partial charge in [-0.05, 0) is 44.8 Å². The number of hydrogen-bond donors (Lipinski definition) is 1. The number of hydrogen-bond acceptors (Lipinski definition) is 3. The van der Waals surface area contributed by atoms with Crippen LogP contribution >= 0.6 is 0 Å². The van der Waals surface area contributed by atoms with E-state index >= 15 is 0 Å². The fourth-order valence-corrected chi connectivity index (χ4v) is 3.44. The van der Waals surface area contributed by atoms with Gasteiger partial charge >= 0.3 is 0 Å². The predicted octanol–water partition coefficient (Wildman–Crippen LogP) is 1.46. The van der Waals surface area contributed by atoms with E-state index in [1.54, 1.807) is 0 Å². The van der Waals surface area contributed by atoms with E-state index in [0.717, 1.165) is 31.7 Å². The third kappa shape index (κ3) is 2.84. The van der Waals surface area contributed by atoms with Gasteiger partial charge in [0.05, 0.1) is 6.10 Å². The molecule has 4 nitrogen and oxygen atoms in total. The first-order chi connectivity index (χ1) is 9.26. The summed E-state index contributed by atoms with van der Waals surface area (Å²) in [5.74, 6) is 2.04.